The summed E-state index contributed by atoms with van der Waals surface area (Å²) in [4.78, 5) is 0. The van der Waals surface area contributed by atoms with E-state index in [2.05, 4.69) is 27.8 Å². The number of hydrogen-bond donors (Lipinski definition) is 1. The number of nitriles is 1. The van der Waals surface area contributed by atoms with Gasteiger partial charge in [-0.05, 0) is 35.7 Å². The lowest BCUT2D eigenvalue weighted by atomic mass is 10.1. The zero-order chi connectivity index (χ0) is 19.1. The van der Waals surface area contributed by atoms with Gasteiger partial charge in [0.2, 0.25) is 0 Å². The summed E-state index contributed by atoms with van der Waals surface area (Å²) < 4.78 is 2.18. The molecule has 0 fully saturated rings. The summed E-state index contributed by atoms with van der Waals surface area (Å²) in [5.41, 5.74) is 9.46. The fourth-order valence-electron chi connectivity index (χ4n) is 2.81. The molecule has 2 aromatic carbocycles. The molecule has 3 rings (SSSR count). The maximum Gasteiger partial charge on any atom is 0.191 e. The number of nitrogens with two attached hydrogens (primary N) is 1. The Morgan fingerprint density at radius 3 is 2.63 bits per heavy atom. The molecule has 2 N–H and O–H groups in total. The van der Waals surface area contributed by atoms with Crippen LogP contribution in [0.2, 0.25) is 0 Å². The highest BCUT2D eigenvalue weighted by atomic mass is 32.2. The molecule has 0 atom stereocenters. The van der Waals surface area contributed by atoms with Crippen molar-refractivity contribution in [3.05, 3.63) is 71.0 Å². The molecule has 5 nitrogen and oxygen atoms in total. The number of thioether (sulfide) groups is 1. The molecule has 27 heavy (non-hydrogen) atoms. The average Bonchev–Trinajstić information content (AvgIpc) is 3.08. The predicted octanol–water partition coefficient (Wildman–Crippen LogP) is 4.42. The molecule has 0 saturated heterocycles. The summed E-state index contributed by atoms with van der Waals surface area (Å²) in [5.74, 6) is 1.70. The maximum atomic E-state index is 9.29. The lowest BCUT2D eigenvalue weighted by molar-refractivity contribution is 0.642. The van der Waals surface area contributed by atoms with Crippen LogP contribution in [0.1, 0.15) is 42.3 Å². The SMILES string of the molecule is CCCCc1nnc(SCc2ccccc2C#N)n1Cc1ccc(N)cc1. The molecular formula is C21H23N5S. The third-order valence-electron chi connectivity index (χ3n) is 4.36. The Morgan fingerprint density at radius 2 is 1.89 bits per heavy atom. The van der Waals surface area contributed by atoms with Crippen molar-refractivity contribution in [3.63, 3.8) is 0 Å². The van der Waals surface area contributed by atoms with Gasteiger partial charge in [-0.1, -0.05) is 55.4 Å². The molecule has 138 valence electrons. The molecule has 0 aliphatic heterocycles. The Labute approximate surface area is 164 Å². The summed E-state index contributed by atoms with van der Waals surface area (Å²) in [6.45, 7) is 2.89. The van der Waals surface area contributed by atoms with Gasteiger partial charge in [0.05, 0.1) is 18.2 Å². The third kappa shape index (κ3) is 4.89. The number of hydrogen-bond acceptors (Lipinski definition) is 5. The normalized spacial score (nSPS) is 10.7. The van der Waals surface area contributed by atoms with Gasteiger partial charge < -0.3 is 10.3 Å². The first-order chi connectivity index (χ1) is 13.2. The number of anilines is 1. The number of benzene rings is 2. The minimum Gasteiger partial charge on any atom is -0.399 e. The van der Waals surface area contributed by atoms with Crippen LogP contribution < -0.4 is 5.73 Å². The predicted molar refractivity (Wildman–Crippen MR) is 109 cm³/mol. The number of unbranched alkanes of at least 4 members (excludes halogenated alkanes) is 1. The van der Waals surface area contributed by atoms with Gasteiger partial charge in [0, 0.05) is 17.9 Å². The maximum absolute atomic E-state index is 9.29. The van der Waals surface area contributed by atoms with Crippen molar-refractivity contribution in [2.24, 2.45) is 0 Å². The van der Waals surface area contributed by atoms with Gasteiger partial charge in [0.1, 0.15) is 5.82 Å². The van der Waals surface area contributed by atoms with Gasteiger partial charge in [-0.25, -0.2) is 0 Å². The van der Waals surface area contributed by atoms with E-state index < -0.39 is 0 Å². The fraction of sp³-hybridized carbons (Fsp3) is 0.286. The first kappa shape index (κ1) is 19.0. The Kier molecular flexibility index (Phi) is 6.50. The number of nitrogens with zero attached hydrogens (tertiary/aromatic N) is 4. The van der Waals surface area contributed by atoms with E-state index in [1.165, 1.54) is 5.56 Å². The lowest BCUT2D eigenvalue weighted by Gasteiger charge is -2.11. The van der Waals surface area contributed by atoms with E-state index >= 15 is 0 Å². The first-order valence-corrected chi connectivity index (χ1v) is 10.1. The minimum atomic E-state index is 0.692. The molecule has 0 bridgehead atoms. The first-order valence-electron chi connectivity index (χ1n) is 9.08. The summed E-state index contributed by atoms with van der Waals surface area (Å²) >= 11 is 1.62. The van der Waals surface area contributed by atoms with Crippen molar-refractivity contribution < 1.29 is 0 Å². The van der Waals surface area contributed by atoms with Crippen LogP contribution in [-0.2, 0) is 18.7 Å². The van der Waals surface area contributed by atoms with Gasteiger partial charge in [-0.2, -0.15) is 5.26 Å². The van der Waals surface area contributed by atoms with Crippen molar-refractivity contribution in [1.82, 2.24) is 14.8 Å². The Hall–Kier alpha value is -2.78. The van der Waals surface area contributed by atoms with Crippen LogP contribution in [0.3, 0.4) is 0 Å². The highest BCUT2D eigenvalue weighted by Gasteiger charge is 2.14. The molecular weight excluding hydrogens is 354 g/mol. The second-order valence-electron chi connectivity index (χ2n) is 6.39. The second-order valence-corrected chi connectivity index (χ2v) is 7.33. The van der Waals surface area contributed by atoms with E-state index in [9.17, 15) is 5.26 Å². The van der Waals surface area contributed by atoms with Crippen molar-refractivity contribution in [2.75, 3.05) is 5.73 Å². The zero-order valence-corrected chi connectivity index (χ0v) is 16.2. The van der Waals surface area contributed by atoms with Crippen molar-refractivity contribution in [2.45, 2.75) is 43.6 Å². The van der Waals surface area contributed by atoms with E-state index in [0.29, 0.717) is 17.9 Å². The fourth-order valence-corrected chi connectivity index (χ4v) is 3.77. The topological polar surface area (TPSA) is 80.5 Å². The van der Waals surface area contributed by atoms with Crippen molar-refractivity contribution >= 4 is 17.4 Å². The molecule has 1 aromatic heterocycles. The smallest absolute Gasteiger partial charge is 0.191 e. The van der Waals surface area contributed by atoms with Crippen LogP contribution >= 0.6 is 11.8 Å². The molecule has 0 spiro atoms. The number of nitrogen functional groups attached to an aromatic ring is 1. The average molecular weight is 378 g/mol. The highest BCUT2D eigenvalue weighted by Crippen LogP contribution is 2.25. The van der Waals surface area contributed by atoms with E-state index in [-0.39, 0.29) is 0 Å². The molecule has 0 unspecified atom stereocenters. The Bertz CT molecular complexity index is 924. The van der Waals surface area contributed by atoms with Crippen LogP contribution in [0.15, 0.2) is 53.7 Å². The van der Waals surface area contributed by atoms with Gasteiger partial charge in [0.15, 0.2) is 5.16 Å². The number of rotatable bonds is 8. The largest absolute Gasteiger partial charge is 0.399 e. The van der Waals surface area contributed by atoms with Crippen LogP contribution in [0.5, 0.6) is 0 Å². The molecule has 0 aliphatic carbocycles. The second kappa shape index (κ2) is 9.24. The molecule has 1 heterocycles. The van der Waals surface area contributed by atoms with E-state index in [0.717, 1.165) is 41.5 Å². The van der Waals surface area contributed by atoms with Crippen LogP contribution in [-0.4, -0.2) is 14.8 Å². The number of aromatic nitrogens is 3. The summed E-state index contributed by atoms with van der Waals surface area (Å²) in [6.07, 6.45) is 3.11. The Morgan fingerprint density at radius 1 is 1.11 bits per heavy atom. The molecule has 0 radical (unpaired) electrons. The quantitative estimate of drug-likeness (QED) is 0.464. The van der Waals surface area contributed by atoms with Crippen LogP contribution in [0.4, 0.5) is 5.69 Å². The lowest BCUT2D eigenvalue weighted by Crippen LogP contribution is -2.07. The highest BCUT2D eigenvalue weighted by molar-refractivity contribution is 7.98. The Balaban J connectivity index is 1.82. The van der Waals surface area contributed by atoms with Crippen molar-refractivity contribution in [1.29, 1.82) is 5.26 Å². The van der Waals surface area contributed by atoms with E-state index in [4.69, 9.17) is 5.73 Å². The van der Waals surface area contributed by atoms with Crippen molar-refractivity contribution in [3.8, 4) is 6.07 Å². The molecule has 0 saturated carbocycles. The standard InChI is InChI=1S/C21H23N5S/c1-2-3-8-20-24-25-21(26(20)14-16-9-11-19(23)12-10-16)27-15-18-7-5-4-6-17(18)13-22/h4-7,9-12H,2-3,8,14-15,23H2,1H3. The van der Waals surface area contributed by atoms with E-state index in [1.807, 2.05) is 48.5 Å². The van der Waals surface area contributed by atoms with E-state index in [1.54, 1.807) is 11.8 Å². The monoisotopic (exact) mass is 377 g/mol. The third-order valence-corrected chi connectivity index (χ3v) is 5.38. The summed E-state index contributed by atoms with van der Waals surface area (Å²) in [5, 5.41) is 19.0. The van der Waals surface area contributed by atoms with Gasteiger partial charge in [0.25, 0.3) is 0 Å². The summed E-state index contributed by atoms with van der Waals surface area (Å²) in [6, 6.07) is 17.9. The molecule has 0 amide bonds. The summed E-state index contributed by atoms with van der Waals surface area (Å²) in [7, 11) is 0. The van der Waals surface area contributed by atoms with Gasteiger partial charge >= 0.3 is 0 Å². The molecule has 3 aromatic rings. The minimum absolute atomic E-state index is 0.692. The van der Waals surface area contributed by atoms with Crippen LogP contribution in [0.25, 0.3) is 0 Å². The number of aryl methyl sites for hydroxylation is 1. The zero-order valence-electron chi connectivity index (χ0n) is 15.4. The van der Waals surface area contributed by atoms with Gasteiger partial charge in [-0.15, -0.1) is 10.2 Å². The molecule has 0 aliphatic rings. The van der Waals surface area contributed by atoms with Gasteiger partial charge in [-0.3, -0.25) is 0 Å². The van der Waals surface area contributed by atoms with Crippen LogP contribution in [0, 0.1) is 11.3 Å². The molecule has 6 heteroatoms.